The molecule has 1 rings (SSSR count). The van der Waals surface area contributed by atoms with E-state index >= 15 is 0 Å². The topological polar surface area (TPSA) is 13.6 Å². The molecule has 2 heteroatoms. The van der Waals surface area contributed by atoms with E-state index in [0.717, 1.165) is 13.2 Å². The summed E-state index contributed by atoms with van der Waals surface area (Å²) in [5.74, 6) is 0.553. The van der Waals surface area contributed by atoms with Crippen LogP contribution in [0.15, 0.2) is 0 Å². The highest BCUT2D eigenvalue weighted by atomic mass is 16.5. The van der Waals surface area contributed by atoms with Crippen molar-refractivity contribution in [2.24, 2.45) is 5.92 Å². The lowest BCUT2D eigenvalue weighted by molar-refractivity contribution is -0.0233. The summed E-state index contributed by atoms with van der Waals surface area (Å²) in [7, 11) is 0. The van der Waals surface area contributed by atoms with Crippen molar-refractivity contribution in [1.29, 1.82) is 0 Å². The molecule has 0 unspecified atom stereocenters. The third-order valence-corrected chi connectivity index (χ3v) is 1.06. The van der Waals surface area contributed by atoms with Gasteiger partial charge in [0.05, 0.1) is 19.1 Å². The predicted molar refractivity (Wildman–Crippen MR) is 25.8 cm³/mol. The van der Waals surface area contributed by atoms with E-state index in [9.17, 15) is 0 Å². The molecular formula is C5H7NO. The highest BCUT2D eigenvalue weighted by Crippen LogP contribution is 2.08. The van der Waals surface area contributed by atoms with Gasteiger partial charge in [-0.2, -0.15) is 0 Å². The average Bonchev–Trinajstić information content (AvgIpc) is 1.55. The normalized spacial score (nSPS) is 20.4. The Balaban J connectivity index is 2.06. The summed E-state index contributed by atoms with van der Waals surface area (Å²) in [6.45, 7) is 8.71. The van der Waals surface area contributed by atoms with Crippen molar-refractivity contribution in [3.8, 4) is 0 Å². The van der Waals surface area contributed by atoms with Gasteiger partial charge in [-0.1, -0.05) is 0 Å². The van der Waals surface area contributed by atoms with Gasteiger partial charge < -0.3 is 9.58 Å². The molecule has 1 saturated heterocycles. The first-order valence-electron chi connectivity index (χ1n) is 2.34. The van der Waals surface area contributed by atoms with Crippen molar-refractivity contribution in [1.82, 2.24) is 0 Å². The average molecular weight is 97.1 g/mol. The Kier molecular flexibility index (Phi) is 1.28. The van der Waals surface area contributed by atoms with Crippen LogP contribution in [0.4, 0.5) is 0 Å². The number of ether oxygens (including phenoxy) is 1. The van der Waals surface area contributed by atoms with Crippen LogP contribution in [-0.4, -0.2) is 19.8 Å². The second-order valence-electron chi connectivity index (χ2n) is 1.74. The molecule has 1 fully saturated rings. The molecule has 2 nitrogen and oxygen atoms in total. The molecule has 0 aromatic heterocycles. The van der Waals surface area contributed by atoms with Crippen molar-refractivity contribution in [2.45, 2.75) is 0 Å². The standard InChI is InChI=1S/C5H7NO/c1-6-2-5-3-7-4-5/h5H,2-4H2. The Morgan fingerprint density at radius 1 is 1.71 bits per heavy atom. The molecule has 0 amide bonds. The van der Waals surface area contributed by atoms with E-state index in [4.69, 9.17) is 11.3 Å². The van der Waals surface area contributed by atoms with Crippen LogP contribution in [0.2, 0.25) is 0 Å². The maximum Gasteiger partial charge on any atom is 0.221 e. The zero-order valence-electron chi connectivity index (χ0n) is 4.05. The molecule has 0 bridgehead atoms. The summed E-state index contributed by atoms with van der Waals surface area (Å²) < 4.78 is 4.84. The lowest BCUT2D eigenvalue weighted by atomic mass is 10.1. The van der Waals surface area contributed by atoms with Gasteiger partial charge >= 0.3 is 0 Å². The lowest BCUT2D eigenvalue weighted by Gasteiger charge is -2.20. The fraction of sp³-hybridized carbons (Fsp3) is 0.800. The Morgan fingerprint density at radius 3 is 2.57 bits per heavy atom. The van der Waals surface area contributed by atoms with Crippen LogP contribution in [0.5, 0.6) is 0 Å². The van der Waals surface area contributed by atoms with Crippen LogP contribution in [-0.2, 0) is 4.74 Å². The lowest BCUT2D eigenvalue weighted by Crippen LogP contribution is -2.29. The van der Waals surface area contributed by atoms with Crippen LogP contribution in [0.25, 0.3) is 4.85 Å². The first kappa shape index (κ1) is 4.61. The monoisotopic (exact) mass is 97.1 g/mol. The summed E-state index contributed by atoms with van der Waals surface area (Å²) in [6, 6.07) is 0. The zero-order valence-corrected chi connectivity index (χ0v) is 4.05. The molecule has 0 atom stereocenters. The first-order valence-corrected chi connectivity index (χ1v) is 2.34. The fourth-order valence-corrected chi connectivity index (χ4v) is 0.519. The van der Waals surface area contributed by atoms with Crippen LogP contribution in [0.3, 0.4) is 0 Å². The maximum absolute atomic E-state index is 6.44. The third-order valence-electron chi connectivity index (χ3n) is 1.06. The van der Waals surface area contributed by atoms with Crippen molar-refractivity contribution < 1.29 is 4.74 Å². The number of hydrogen-bond donors (Lipinski definition) is 0. The molecule has 1 aliphatic heterocycles. The summed E-state index contributed by atoms with van der Waals surface area (Å²) in [5, 5.41) is 0. The SMILES string of the molecule is [C-]#[N+]CC1COC1. The molecule has 0 N–H and O–H groups in total. The van der Waals surface area contributed by atoms with Crippen molar-refractivity contribution in [3.63, 3.8) is 0 Å². The minimum atomic E-state index is 0.553. The maximum atomic E-state index is 6.44. The zero-order chi connectivity index (χ0) is 5.11. The minimum absolute atomic E-state index is 0.553. The van der Waals surface area contributed by atoms with E-state index in [1.807, 2.05) is 0 Å². The number of hydrogen-bond acceptors (Lipinski definition) is 1. The molecule has 1 aliphatic rings. The molecule has 0 saturated carbocycles. The van der Waals surface area contributed by atoms with Gasteiger partial charge in [-0.05, 0) is 0 Å². The molecule has 0 aromatic carbocycles. The highest BCUT2D eigenvalue weighted by molar-refractivity contribution is 4.74. The number of nitrogens with zero attached hydrogens (tertiary/aromatic N) is 1. The van der Waals surface area contributed by atoms with Gasteiger partial charge in [0.1, 0.15) is 0 Å². The summed E-state index contributed by atoms with van der Waals surface area (Å²) >= 11 is 0. The summed E-state index contributed by atoms with van der Waals surface area (Å²) in [5.41, 5.74) is 0. The van der Waals surface area contributed by atoms with Gasteiger partial charge in [0, 0.05) is 0 Å². The third kappa shape index (κ3) is 0.908. The van der Waals surface area contributed by atoms with Gasteiger partial charge in [-0.3, -0.25) is 0 Å². The predicted octanol–water partition coefficient (Wildman–Crippen LogP) is 0.552. The Labute approximate surface area is 42.9 Å². The summed E-state index contributed by atoms with van der Waals surface area (Å²) in [4.78, 5) is 3.23. The molecule has 0 radical (unpaired) electrons. The number of rotatable bonds is 1. The van der Waals surface area contributed by atoms with E-state index in [1.54, 1.807) is 0 Å². The Hall–Kier alpha value is -0.550. The summed E-state index contributed by atoms with van der Waals surface area (Å²) in [6.07, 6.45) is 0. The molecular weight excluding hydrogens is 90.1 g/mol. The largest absolute Gasteiger partial charge is 0.380 e. The van der Waals surface area contributed by atoms with E-state index < -0.39 is 0 Å². The molecule has 38 valence electrons. The van der Waals surface area contributed by atoms with Gasteiger partial charge in [0.15, 0.2) is 0 Å². The first-order chi connectivity index (χ1) is 3.43. The van der Waals surface area contributed by atoms with Gasteiger partial charge in [-0.25, -0.2) is 6.57 Å². The van der Waals surface area contributed by atoms with Crippen LogP contribution in [0, 0.1) is 12.5 Å². The molecule has 0 aromatic rings. The van der Waals surface area contributed by atoms with Crippen LogP contribution >= 0.6 is 0 Å². The van der Waals surface area contributed by atoms with Crippen molar-refractivity contribution in [2.75, 3.05) is 19.8 Å². The van der Waals surface area contributed by atoms with E-state index in [2.05, 4.69) is 4.85 Å². The van der Waals surface area contributed by atoms with Crippen LogP contribution < -0.4 is 0 Å². The Bertz CT molecular complexity index is 90.7. The highest BCUT2D eigenvalue weighted by Gasteiger charge is 2.20. The van der Waals surface area contributed by atoms with Crippen molar-refractivity contribution in [3.05, 3.63) is 11.4 Å². The van der Waals surface area contributed by atoms with Crippen molar-refractivity contribution >= 4 is 0 Å². The van der Waals surface area contributed by atoms with Crippen LogP contribution in [0.1, 0.15) is 0 Å². The fourth-order valence-electron chi connectivity index (χ4n) is 0.519. The van der Waals surface area contributed by atoms with E-state index in [-0.39, 0.29) is 0 Å². The van der Waals surface area contributed by atoms with Gasteiger partial charge in [0.2, 0.25) is 6.54 Å². The quantitative estimate of drug-likeness (QED) is 0.436. The molecule has 7 heavy (non-hydrogen) atoms. The molecule has 0 aliphatic carbocycles. The smallest absolute Gasteiger partial charge is 0.221 e. The molecule has 1 heterocycles. The van der Waals surface area contributed by atoms with E-state index in [1.165, 1.54) is 0 Å². The minimum Gasteiger partial charge on any atom is -0.380 e. The second kappa shape index (κ2) is 1.94. The Morgan fingerprint density at radius 2 is 2.43 bits per heavy atom. The second-order valence-corrected chi connectivity index (χ2v) is 1.74. The molecule has 0 spiro atoms. The van der Waals surface area contributed by atoms with E-state index in [0.29, 0.717) is 12.5 Å². The van der Waals surface area contributed by atoms with Gasteiger partial charge in [0.25, 0.3) is 0 Å². The van der Waals surface area contributed by atoms with Gasteiger partial charge in [-0.15, -0.1) is 0 Å².